The van der Waals surface area contributed by atoms with Gasteiger partial charge in [0.15, 0.2) is 0 Å². The van der Waals surface area contributed by atoms with Crippen molar-refractivity contribution in [3.63, 3.8) is 0 Å². The summed E-state index contributed by atoms with van der Waals surface area (Å²) in [5.74, 6) is -0.913. The number of nitrogens with zero attached hydrogens (tertiary/aromatic N) is 1. The summed E-state index contributed by atoms with van der Waals surface area (Å²) < 4.78 is 5.15. The first-order valence-electron chi connectivity index (χ1n) is 4.30. The standard InChI is InChI=1S/C8H13NO3.Na/c10-7(11)8(1-2-8)9-3-5-12-6-4-9;/h1-6H2,(H,10,11);/q;+1/p-1. The molecule has 1 aliphatic heterocycles. The Balaban J connectivity index is 0.000000845. The first-order chi connectivity index (χ1) is 5.76. The zero-order chi connectivity index (χ0) is 8.60. The first kappa shape index (κ1) is 11.5. The fourth-order valence-electron chi connectivity index (χ4n) is 1.76. The van der Waals surface area contributed by atoms with Crippen molar-refractivity contribution in [2.75, 3.05) is 26.3 Å². The van der Waals surface area contributed by atoms with Crippen LogP contribution in [0, 0.1) is 0 Å². The molecule has 0 N–H and O–H groups in total. The van der Waals surface area contributed by atoms with E-state index in [-0.39, 0.29) is 29.6 Å². The quantitative estimate of drug-likeness (QED) is 0.416. The molecule has 2 aliphatic rings. The second kappa shape index (κ2) is 4.28. The average Bonchev–Trinajstić information content (AvgIpc) is 2.86. The fraction of sp³-hybridized carbons (Fsp3) is 0.875. The van der Waals surface area contributed by atoms with Crippen molar-refractivity contribution in [3.05, 3.63) is 0 Å². The molecule has 2 fully saturated rings. The SMILES string of the molecule is O=C([O-])C1(N2CCOCC2)CC1.[Na+]. The van der Waals surface area contributed by atoms with E-state index in [1.54, 1.807) is 0 Å². The van der Waals surface area contributed by atoms with E-state index in [1.165, 1.54) is 0 Å². The number of ether oxygens (including phenoxy) is 1. The van der Waals surface area contributed by atoms with Gasteiger partial charge >= 0.3 is 29.6 Å². The zero-order valence-corrected chi connectivity index (χ0v) is 9.91. The molecule has 1 saturated heterocycles. The summed E-state index contributed by atoms with van der Waals surface area (Å²) in [4.78, 5) is 12.8. The van der Waals surface area contributed by atoms with Crippen molar-refractivity contribution < 1.29 is 44.2 Å². The van der Waals surface area contributed by atoms with E-state index in [0.717, 1.165) is 25.9 Å². The van der Waals surface area contributed by atoms with Gasteiger partial charge in [-0.15, -0.1) is 0 Å². The third-order valence-corrected chi connectivity index (χ3v) is 2.72. The second-order valence-electron chi connectivity index (χ2n) is 3.42. The van der Waals surface area contributed by atoms with Gasteiger partial charge in [0.1, 0.15) is 0 Å². The van der Waals surface area contributed by atoms with Crippen LogP contribution in [0.1, 0.15) is 12.8 Å². The molecular weight excluding hydrogens is 181 g/mol. The molecule has 1 aliphatic carbocycles. The van der Waals surface area contributed by atoms with E-state index in [1.807, 2.05) is 4.90 Å². The Hall–Kier alpha value is 0.390. The first-order valence-corrected chi connectivity index (χ1v) is 4.30. The monoisotopic (exact) mass is 193 g/mol. The van der Waals surface area contributed by atoms with Gasteiger partial charge in [-0.1, -0.05) is 0 Å². The Labute approximate surface area is 99.5 Å². The molecule has 0 unspecified atom stereocenters. The van der Waals surface area contributed by atoms with E-state index in [4.69, 9.17) is 4.74 Å². The molecule has 0 aromatic rings. The number of hydrogen-bond donors (Lipinski definition) is 0. The molecule has 0 atom stereocenters. The van der Waals surface area contributed by atoms with Crippen LogP contribution in [0.3, 0.4) is 0 Å². The Bertz CT molecular complexity index is 200. The summed E-state index contributed by atoms with van der Waals surface area (Å²) in [5, 5.41) is 10.8. The number of rotatable bonds is 2. The van der Waals surface area contributed by atoms with Crippen molar-refractivity contribution in [1.29, 1.82) is 0 Å². The number of morpholine rings is 1. The zero-order valence-electron chi connectivity index (χ0n) is 7.91. The van der Waals surface area contributed by atoms with Gasteiger partial charge in [-0.25, -0.2) is 0 Å². The van der Waals surface area contributed by atoms with Crippen LogP contribution in [-0.4, -0.2) is 42.7 Å². The summed E-state index contributed by atoms with van der Waals surface area (Å²) in [6.07, 6.45) is 1.49. The molecule has 0 amide bonds. The topological polar surface area (TPSA) is 52.6 Å². The molecule has 5 heteroatoms. The Morgan fingerprint density at radius 1 is 1.31 bits per heavy atom. The minimum atomic E-state index is -0.913. The molecule has 0 spiro atoms. The number of carboxylic acids is 1. The van der Waals surface area contributed by atoms with E-state index < -0.39 is 11.5 Å². The third-order valence-electron chi connectivity index (χ3n) is 2.72. The molecule has 1 saturated carbocycles. The molecule has 0 bridgehead atoms. The predicted octanol–water partition coefficient (Wildman–Crippen LogP) is -4.39. The van der Waals surface area contributed by atoms with Crippen molar-refractivity contribution in [1.82, 2.24) is 4.90 Å². The average molecular weight is 193 g/mol. The third kappa shape index (κ3) is 2.07. The molecule has 0 aromatic carbocycles. The van der Waals surface area contributed by atoms with Gasteiger partial charge in [0.2, 0.25) is 0 Å². The number of carbonyl (C=O) groups excluding carboxylic acids is 1. The minimum absolute atomic E-state index is 0. The van der Waals surface area contributed by atoms with Crippen LogP contribution in [-0.2, 0) is 9.53 Å². The van der Waals surface area contributed by atoms with Gasteiger partial charge in [-0.3, -0.25) is 4.90 Å². The van der Waals surface area contributed by atoms with E-state index >= 15 is 0 Å². The maximum absolute atomic E-state index is 10.8. The van der Waals surface area contributed by atoms with Gasteiger partial charge in [0, 0.05) is 13.1 Å². The van der Waals surface area contributed by atoms with E-state index in [9.17, 15) is 9.90 Å². The Morgan fingerprint density at radius 3 is 2.23 bits per heavy atom. The molecule has 2 rings (SSSR count). The summed E-state index contributed by atoms with van der Waals surface area (Å²) in [5.41, 5.74) is -0.621. The normalized spacial score (nSPS) is 26.2. The maximum Gasteiger partial charge on any atom is 1.00 e. The molecular formula is C8H12NNaO3. The van der Waals surface area contributed by atoms with Crippen LogP contribution in [0.2, 0.25) is 0 Å². The molecule has 1 heterocycles. The number of hydrogen-bond acceptors (Lipinski definition) is 4. The second-order valence-corrected chi connectivity index (χ2v) is 3.42. The minimum Gasteiger partial charge on any atom is -0.548 e. The van der Waals surface area contributed by atoms with E-state index in [2.05, 4.69) is 0 Å². The Kier molecular flexibility index (Phi) is 3.77. The van der Waals surface area contributed by atoms with Gasteiger partial charge in [0.05, 0.1) is 24.7 Å². The van der Waals surface area contributed by atoms with Crippen molar-refractivity contribution in [3.8, 4) is 0 Å². The van der Waals surface area contributed by atoms with Crippen molar-refractivity contribution in [2.45, 2.75) is 18.4 Å². The van der Waals surface area contributed by atoms with Crippen LogP contribution in [0.4, 0.5) is 0 Å². The molecule has 4 nitrogen and oxygen atoms in total. The summed E-state index contributed by atoms with van der Waals surface area (Å²) in [6.45, 7) is 2.76. The smallest absolute Gasteiger partial charge is 0.548 e. The summed E-state index contributed by atoms with van der Waals surface area (Å²) in [7, 11) is 0. The summed E-state index contributed by atoms with van der Waals surface area (Å²) >= 11 is 0. The van der Waals surface area contributed by atoms with E-state index in [0.29, 0.717) is 13.2 Å². The van der Waals surface area contributed by atoms with Gasteiger partial charge < -0.3 is 14.6 Å². The Morgan fingerprint density at radius 2 is 1.85 bits per heavy atom. The molecule has 0 aromatic heterocycles. The van der Waals surface area contributed by atoms with Gasteiger partial charge in [0.25, 0.3) is 0 Å². The molecule has 68 valence electrons. The van der Waals surface area contributed by atoms with Crippen LogP contribution < -0.4 is 34.7 Å². The van der Waals surface area contributed by atoms with Crippen LogP contribution >= 0.6 is 0 Å². The van der Waals surface area contributed by atoms with Crippen LogP contribution in [0.15, 0.2) is 0 Å². The fourth-order valence-corrected chi connectivity index (χ4v) is 1.76. The molecule has 13 heavy (non-hydrogen) atoms. The van der Waals surface area contributed by atoms with Gasteiger partial charge in [-0.2, -0.15) is 0 Å². The number of aliphatic carboxylic acids is 1. The largest absolute Gasteiger partial charge is 1.00 e. The maximum atomic E-state index is 10.8. The molecule has 0 radical (unpaired) electrons. The van der Waals surface area contributed by atoms with Crippen molar-refractivity contribution >= 4 is 5.97 Å². The number of carbonyl (C=O) groups is 1. The van der Waals surface area contributed by atoms with Crippen LogP contribution in [0.25, 0.3) is 0 Å². The number of carboxylic acid groups (broad SMARTS) is 1. The predicted molar refractivity (Wildman–Crippen MR) is 39.4 cm³/mol. The summed E-state index contributed by atoms with van der Waals surface area (Å²) in [6, 6.07) is 0. The van der Waals surface area contributed by atoms with Crippen LogP contribution in [0.5, 0.6) is 0 Å². The van der Waals surface area contributed by atoms with Gasteiger partial charge in [-0.05, 0) is 12.8 Å². The van der Waals surface area contributed by atoms with Crippen molar-refractivity contribution in [2.24, 2.45) is 0 Å².